The molecule has 1 aromatic heterocycles. The Morgan fingerprint density at radius 3 is 2.13 bits per heavy atom. The number of benzene rings is 3. The van der Waals surface area contributed by atoms with E-state index in [1.54, 1.807) is 28.1 Å². The van der Waals surface area contributed by atoms with Crippen molar-refractivity contribution in [2.75, 3.05) is 5.75 Å². The van der Waals surface area contributed by atoms with Gasteiger partial charge in [-0.05, 0) is 30.2 Å². The van der Waals surface area contributed by atoms with Gasteiger partial charge in [-0.15, -0.1) is 11.8 Å². The number of nitrogens with zero attached hydrogens (tertiary/aromatic N) is 2. The summed E-state index contributed by atoms with van der Waals surface area (Å²) in [5.74, 6) is 0.917. The molecule has 5 heteroatoms. The molecule has 5 rings (SSSR count). The fourth-order valence-electron chi connectivity index (χ4n) is 3.78. The Kier molecular flexibility index (Phi) is 5.70. The minimum atomic E-state index is 0.0399. The fraction of sp³-hybridized carbons (Fsp3) is 0.154. The minimum absolute atomic E-state index is 0.0399. The quantitative estimate of drug-likeness (QED) is 0.277. The van der Waals surface area contributed by atoms with Crippen LogP contribution in [0.25, 0.3) is 5.69 Å². The summed E-state index contributed by atoms with van der Waals surface area (Å²) in [6.45, 7) is 2.06. The molecule has 31 heavy (non-hydrogen) atoms. The number of thioether (sulfide) groups is 2. The zero-order valence-electron chi connectivity index (χ0n) is 17.2. The third-order valence-electron chi connectivity index (χ3n) is 5.39. The summed E-state index contributed by atoms with van der Waals surface area (Å²) in [7, 11) is 0. The molecular formula is C26H22N2OS2. The van der Waals surface area contributed by atoms with Crippen molar-refractivity contribution in [3.05, 3.63) is 118 Å². The molecule has 0 radical (unpaired) electrons. The van der Waals surface area contributed by atoms with Crippen molar-refractivity contribution in [2.24, 2.45) is 0 Å². The van der Waals surface area contributed by atoms with E-state index < -0.39 is 0 Å². The first-order valence-corrected chi connectivity index (χ1v) is 12.2. The fourth-order valence-corrected chi connectivity index (χ4v) is 6.07. The van der Waals surface area contributed by atoms with E-state index in [1.807, 2.05) is 36.4 Å². The van der Waals surface area contributed by atoms with Crippen LogP contribution in [0.1, 0.15) is 27.6 Å². The van der Waals surface area contributed by atoms with E-state index in [0.29, 0.717) is 0 Å². The molecule has 0 aliphatic carbocycles. The van der Waals surface area contributed by atoms with Gasteiger partial charge in [0.2, 0.25) is 0 Å². The van der Waals surface area contributed by atoms with Crippen LogP contribution in [0.2, 0.25) is 0 Å². The summed E-state index contributed by atoms with van der Waals surface area (Å²) in [6, 6.07) is 29.0. The summed E-state index contributed by atoms with van der Waals surface area (Å²) in [4.78, 5) is 19.3. The van der Waals surface area contributed by atoms with Crippen molar-refractivity contribution in [3.63, 3.8) is 0 Å². The second kappa shape index (κ2) is 8.77. The molecule has 0 unspecified atom stereocenters. The van der Waals surface area contributed by atoms with Crippen LogP contribution in [0, 0.1) is 6.92 Å². The Bertz CT molecular complexity index is 1210. The number of hydrogen-bond acceptors (Lipinski definition) is 4. The first kappa shape index (κ1) is 20.2. The molecule has 154 valence electrons. The lowest BCUT2D eigenvalue weighted by molar-refractivity contribution is 0.737. The average molecular weight is 443 g/mol. The molecule has 0 N–H and O–H groups in total. The minimum Gasteiger partial charge on any atom is -0.268 e. The highest BCUT2D eigenvalue weighted by atomic mass is 32.2. The van der Waals surface area contributed by atoms with Crippen LogP contribution in [0.5, 0.6) is 0 Å². The maximum Gasteiger partial charge on any atom is 0.272 e. The molecule has 2 heterocycles. The van der Waals surface area contributed by atoms with Gasteiger partial charge < -0.3 is 0 Å². The molecule has 4 aromatic rings. The average Bonchev–Trinajstić information content (AvgIpc) is 3.29. The highest BCUT2D eigenvalue weighted by Crippen LogP contribution is 2.41. The summed E-state index contributed by atoms with van der Waals surface area (Å²) in [5, 5.41) is 0.783. The predicted molar refractivity (Wildman–Crippen MR) is 130 cm³/mol. The maximum atomic E-state index is 13.5. The Hall–Kier alpha value is -2.76. The van der Waals surface area contributed by atoms with Crippen molar-refractivity contribution < 1.29 is 0 Å². The molecule has 0 atom stereocenters. The molecule has 0 bridgehead atoms. The van der Waals surface area contributed by atoms with Crippen molar-refractivity contribution in [2.45, 2.75) is 28.6 Å². The van der Waals surface area contributed by atoms with Crippen LogP contribution < -0.4 is 5.56 Å². The highest BCUT2D eigenvalue weighted by molar-refractivity contribution is 8.00. The van der Waals surface area contributed by atoms with E-state index in [4.69, 9.17) is 4.98 Å². The molecule has 0 saturated carbocycles. The number of aryl methyl sites for hydroxylation is 2. The van der Waals surface area contributed by atoms with E-state index >= 15 is 0 Å². The maximum absolute atomic E-state index is 13.5. The van der Waals surface area contributed by atoms with Gasteiger partial charge in [-0.1, -0.05) is 90.1 Å². The predicted octanol–water partition coefficient (Wildman–Crippen LogP) is 6.07. The van der Waals surface area contributed by atoms with E-state index in [9.17, 15) is 4.79 Å². The summed E-state index contributed by atoms with van der Waals surface area (Å²) in [6.07, 6.45) is 0.846. The van der Waals surface area contributed by atoms with E-state index in [0.717, 1.165) is 33.6 Å². The molecule has 1 aliphatic heterocycles. The normalized spacial score (nSPS) is 12.8. The van der Waals surface area contributed by atoms with Crippen LogP contribution in [0.3, 0.4) is 0 Å². The lowest BCUT2D eigenvalue weighted by Gasteiger charge is -2.20. The van der Waals surface area contributed by atoms with Crippen molar-refractivity contribution >= 4 is 23.5 Å². The van der Waals surface area contributed by atoms with Crippen molar-refractivity contribution in [3.8, 4) is 5.69 Å². The number of aromatic nitrogens is 2. The lowest BCUT2D eigenvalue weighted by atomic mass is 10.0. The van der Waals surface area contributed by atoms with Crippen LogP contribution in [-0.4, -0.2) is 15.3 Å². The molecule has 0 amide bonds. The van der Waals surface area contributed by atoms with Crippen molar-refractivity contribution in [1.82, 2.24) is 9.55 Å². The Morgan fingerprint density at radius 1 is 0.903 bits per heavy atom. The van der Waals surface area contributed by atoms with Gasteiger partial charge >= 0.3 is 0 Å². The van der Waals surface area contributed by atoms with Crippen molar-refractivity contribution in [1.29, 1.82) is 0 Å². The molecular weight excluding hydrogens is 420 g/mol. The van der Waals surface area contributed by atoms with Crippen LogP contribution in [0.4, 0.5) is 0 Å². The Balaban J connectivity index is 1.67. The monoisotopic (exact) mass is 442 g/mol. The smallest absolute Gasteiger partial charge is 0.268 e. The molecule has 0 spiro atoms. The molecule has 1 aliphatic rings. The van der Waals surface area contributed by atoms with Gasteiger partial charge in [-0.3, -0.25) is 9.36 Å². The molecule has 3 aromatic carbocycles. The third-order valence-corrected chi connectivity index (χ3v) is 7.76. The van der Waals surface area contributed by atoms with Crippen LogP contribution in [-0.2, 0) is 6.42 Å². The molecule has 0 fully saturated rings. The molecule has 3 nitrogen and oxygen atoms in total. The number of rotatable bonds is 5. The Morgan fingerprint density at radius 2 is 1.52 bits per heavy atom. The largest absolute Gasteiger partial charge is 0.272 e. The van der Waals surface area contributed by atoms with E-state index in [1.165, 1.54) is 16.7 Å². The van der Waals surface area contributed by atoms with E-state index in [2.05, 4.69) is 55.5 Å². The van der Waals surface area contributed by atoms with E-state index in [-0.39, 0.29) is 10.8 Å². The van der Waals surface area contributed by atoms with Gasteiger partial charge in [-0.2, -0.15) is 0 Å². The van der Waals surface area contributed by atoms with Gasteiger partial charge in [-0.25, -0.2) is 4.98 Å². The number of hydrogen-bond donors (Lipinski definition) is 0. The van der Waals surface area contributed by atoms with Crippen LogP contribution in [0.15, 0.2) is 99.8 Å². The summed E-state index contributed by atoms with van der Waals surface area (Å²) >= 11 is 3.27. The van der Waals surface area contributed by atoms with Gasteiger partial charge in [0.25, 0.3) is 5.56 Å². The topological polar surface area (TPSA) is 34.9 Å². The zero-order chi connectivity index (χ0) is 21.2. The van der Waals surface area contributed by atoms with Gasteiger partial charge in [0, 0.05) is 12.2 Å². The second-order valence-corrected chi connectivity index (χ2v) is 9.74. The van der Waals surface area contributed by atoms with Gasteiger partial charge in [0.15, 0.2) is 5.16 Å². The number of fused-ring (bicyclic) bond motifs is 1. The lowest BCUT2D eigenvalue weighted by Crippen LogP contribution is -2.24. The highest BCUT2D eigenvalue weighted by Gasteiger charge is 2.25. The first-order chi connectivity index (χ1) is 15.2. The first-order valence-electron chi connectivity index (χ1n) is 10.3. The van der Waals surface area contributed by atoms with Gasteiger partial charge in [0.05, 0.1) is 21.5 Å². The zero-order valence-corrected chi connectivity index (χ0v) is 18.8. The van der Waals surface area contributed by atoms with Crippen LogP contribution >= 0.6 is 23.5 Å². The summed E-state index contributed by atoms with van der Waals surface area (Å²) in [5.41, 5.74) is 5.39. The molecule has 0 saturated heterocycles. The third kappa shape index (κ3) is 4.08. The second-order valence-electron chi connectivity index (χ2n) is 7.56. The standard InChI is InChI=1S/C26H22N2OS2/c1-18-12-14-21(15-13-18)28-25(29)24-22(16-17-30-24)27-26(28)31-23(19-8-4-2-5-9-19)20-10-6-3-7-11-20/h2-15,23H,16-17H2,1H3. The SMILES string of the molecule is Cc1ccc(-n2c(SC(c3ccccc3)c3ccccc3)nc3c(c2=O)SCC3)cc1. The van der Waals surface area contributed by atoms with Gasteiger partial charge in [0.1, 0.15) is 0 Å². The Labute approximate surface area is 190 Å². The summed E-state index contributed by atoms with van der Waals surface area (Å²) < 4.78 is 1.79.